The quantitative estimate of drug-likeness (QED) is 0.147. The van der Waals surface area contributed by atoms with Gasteiger partial charge in [-0.2, -0.15) is 0 Å². The minimum atomic E-state index is -0.0493. The summed E-state index contributed by atoms with van der Waals surface area (Å²) in [6.07, 6.45) is 2.30. The van der Waals surface area contributed by atoms with Gasteiger partial charge in [0.05, 0.1) is 5.69 Å². The van der Waals surface area contributed by atoms with Crippen molar-refractivity contribution in [3.8, 4) is 22.3 Å². The van der Waals surface area contributed by atoms with Gasteiger partial charge in [0.25, 0.3) is 6.71 Å². The maximum absolute atomic E-state index is 2.66. The summed E-state index contributed by atoms with van der Waals surface area (Å²) < 4.78 is 0. The van der Waals surface area contributed by atoms with Crippen molar-refractivity contribution in [2.24, 2.45) is 0 Å². The van der Waals surface area contributed by atoms with Crippen molar-refractivity contribution >= 4 is 74.3 Å². The lowest BCUT2D eigenvalue weighted by atomic mass is 9.33. The number of benzene rings is 9. The molecule has 0 bridgehead atoms. The van der Waals surface area contributed by atoms with Crippen molar-refractivity contribution in [1.82, 2.24) is 0 Å². The third-order valence-corrected chi connectivity index (χ3v) is 16.2. The van der Waals surface area contributed by atoms with Gasteiger partial charge in [0.1, 0.15) is 0 Å². The number of aryl methyl sites for hydroxylation is 2. The van der Waals surface area contributed by atoms with Gasteiger partial charge in [-0.25, -0.2) is 0 Å². The van der Waals surface area contributed by atoms with Crippen LogP contribution in [0.25, 0.3) is 22.3 Å². The predicted octanol–water partition coefficient (Wildman–Crippen LogP) is 16.8. The molecule has 0 radical (unpaired) electrons. The van der Waals surface area contributed by atoms with Gasteiger partial charge in [-0.15, -0.1) is 0 Å². The number of hydrogen-bond donors (Lipinski definition) is 0. The van der Waals surface area contributed by atoms with E-state index in [2.05, 4.69) is 277 Å². The zero-order valence-electron chi connectivity index (χ0n) is 43.4. The molecule has 2 aliphatic heterocycles. The van der Waals surface area contributed by atoms with E-state index in [4.69, 9.17) is 0 Å². The summed E-state index contributed by atoms with van der Waals surface area (Å²) in [7, 11) is 0. The van der Waals surface area contributed by atoms with Gasteiger partial charge in [0.15, 0.2) is 0 Å². The lowest BCUT2D eigenvalue weighted by Crippen LogP contribution is -2.62. The smallest absolute Gasteiger partial charge is 0.252 e. The highest BCUT2D eigenvalue weighted by atomic mass is 15.2. The van der Waals surface area contributed by atoms with Gasteiger partial charge in [-0.05, 0) is 177 Å². The van der Waals surface area contributed by atoms with Crippen LogP contribution in [0, 0.1) is 13.8 Å². The van der Waals surface area contributed by atoms with Crippen molar-refractivity contribution in [2.45, 2.75) is 91.4 Å². The number of rotatable bonds is 7. The fourth-order valence-electron chi connectivity index (χ4n) is 12.1. The monoisotopic (exact) mass is 934 g/mol. The van der Waals surface area contributed by atoms with Crippen molar-refractivity contribution in [2.75, 3.05) is 14.7 Å². The third kappa shape index (κ3) is 7.57. The molecule has 0 spiro atoms. The molecule has 0 saturated heterocycles. The minimum absolute atomic E-state index is 0.0167. The molecule has 354 valence electrons. The first-order chi connectivity index (χ1) is 34.7. The van der Waals surface area contributed by atoms with Crippen LogP contribution < -0.4 is 31.1 Å². The Balaban J connectivity index is 1.20. The van der Waals surface area contributed by atoms with E-state index in [9.17, 15) is 0 Å². The Labute approximate surface area is 428 Å². The van der Waals surface area contributed by atoms with Crippen molar-refractivity contribution in [1.29, 1.82) is 0 Å². The molecule has 2 heterocycles. The Morgan fingerprint density at radius 1 is 0.431 bits per heavy atom. The summed E-state index contributed by atoms with van der Waals surface area (Å²) in [5.74, 6) is 0. The van der Waals surface area contributed by atoms with Crippen LogP contribution in [0.15, 0.2) is 200 Å². The van der Waals surface area contributed by atoms with E-state index in [0.29, 0.717) is 0 Å². The van der Waals surface area contributed by atoms with E-state index in [-0.39, 0.29) is 23.0 Å². The van der Waals surface area contributed by atoms with Gasteiger partial charge in [-0.3, -0.25) is 0 Å². The van der Waals surface area contributed by atoms with Gasteiger partial charge >= 0.3 is 0 Å². The summed E-state index contributed by atoms with van der Waals surface area (Å²) in [6.45, 7) is 21.4. The zero-order valence-corrected chi connectivity index (χ0v) is 43.4. The maximum Gasteiger partial charge on any atom is 0.252 e. The Morgan fingerprint density at radius 2 is 0.972 bits per heavy atom. The van der Waals surface area contributed by atoms with Gasteiger partial charge in [-0.1, -0.05) is 176 Å². The fraction of sp³-hybridized carbons (Fsp3) is 0.206. The Hall–Kier alpha value is -7.56. The van der Waals surface area contributed by atoms with Crippen molar-refractivity contribution < 1.29 is 0 Å². The highest BCUT2D eigenvalue weighted by molar-refractivity contribution is 7.00. The summed E-state index contributed by atoms with van der Waals surface area (Å²) in [4.78, 5) is 7.70. The summed E-state index contributed by atoms with van der Waals surface area (Å²) in [5.41, 5.74) is 26.2. The molecule has 3 nitrogen and oxygen atoms in total. The second-order valence-corrected chi connectivity index (χ2v) is 23.0. The molecule has 9 aromatic rings. The van der Waals surface area contributed by atoms with Crippen LogP contribution in [0.3, 0.4) is 0 Å². The molecule has 0 atom stereocenters. The van der Waals surface area contributed by atoms with Crippen LogP contribution >= 0.6 is 0 Å². The van der Waals surface area contributed by atoms with Crippen LogP contribution in [-0.2, 0) is 16.2 Å². The third-order valence-electron chi connectivity index (χ3n) is 16.2. The van der Waals surface area contributed by atoms with Crippen LogP contribution in [-0.4, -0.2) is 6.71 Å². The number of fused-ring (bicyclic) bond motifs is 5. The Kier molecular flexibility index (Phi) is 10.8. The van der Waals surface area contributed by atoms with Gasteiger partial charge in [0, 0.05) is 51.1 Å². The zero-order chi connectivity index (χ0) is 49.7. The number of hydrogen-bond acceptors (Lipinski definition) is 3. The second-order valence-electron chi connectivity index (χ2n) is 23.0. The number of anilines is 9. The van der Waals surface area contributed by atoms with E-state index >= 15 is 0 Å². The topological polar surface area (TPSA) is 9.72 Å². The first-order valence-electron chi connectivity index (χ1n) is 26.0. The SMILES string of the molecule is Cc1cc2c3c(c1)N(c1ccc(C(C)(C)C)cc1-c1ccccc1)c1cc(N(c4ccccc4)c4ccccc4)ccc1B3c1cc3c(cc1N2c1cc(-c2ccccc2)ccc1C)C(C)(C)CCC3(C)C. The number of para-hydroxylation sites is 2. The second kappa shape index (κ2) is 17.1. The predicted molar refractivity (Wildman–Crippen MR) is 309 cm³/mol. The molecular formula is C68H64BN3. The average molecular weight is 934 g/mol. The van der Waals surface area contributed by atoms with Crippen LogP contribution in [0.5, 0.6) is 0 Å². The standard InChI is InChI=1S/C68H64BN3/c1-45-38-63-65-64(39-45)72(60-40-49(31-30-46(60)2)47-22-14-10-15-23-47)62-44-56-55(67(6,7)36-37-68(56,8)9)43-58(62)69(65)57-34-33-53(70(51-26-18-12-19-27-51)52-28-20-13-21-29-52)42-61(57)71(63)59-35-32-50(66(3,4)5)41-54(59)48-24-16-11-17-25-48/h10-35,38-44H,36-37H2,1-9H3. The van der Waals surface area contributed by atoms with Gasteiger partial charge < -0.3 is 14.7 Å². The Morgan fingerprint density at radius 3 is 1.57 bits per heavy atom. The molecular weight excluding hydrogens is 870 g/mol. The molecule has 0 fully saturated rings. The largest absolute Gasteiger partial charge is 0.311 e. The van der Waals surface area contributed by atoms with Crippen molar-refractivity contribution in [3.63, 3.8) is 0 Å². The molecule has 72 heavy (non-hydrogen) atoms. The highest BCUT2D eigenvalue weighted by Gasteiger charge is 2.47. The summed E-state index contributed by atoms with van der Waals surface area (Å²) in [5, 5.41) is 0. The normalized spacial score (nSPS) is 15.0. The molecule has 1 aliphatic carbocycles. The molecule has 0 saturated carbocycles. The van der Waals surface area contributed by atoms with Crippen LogP contribution in [0.2, 0.25) is 0 Å². The summed E-state index contributed by atoms with van der Waals surface area (Å²) in [6, 6.07) is 75.5. The van der Waals surface area contributed by atoms with E-state index in [1.54, 1.807) is 0 Å². The molecule has 0 N–H and O–H groups in total. The van der Waals surface area contributed by atoms with E-state index < -0.39 is 0 Å². The lowest BCUT2D eigenvalue weighted by molar-refractivity contribution is 0.332. The molecule has 0 aromatic heterocycles. The average Bonchev–Trinajstić information content (AvgIpc) is 3.38. The first kappa shape index (κ1) is 45.6. The van der Waals surface area contributed by atoms with E-state index in [1.807, 2.05) is 0 Å². The first-order valence-corrected chi connectivity index (χ1v) is 26.0. The molecule has 3 aliphatic rings. The van der Waals surface area contributed by atoms with Crippen LogP contribution in [0.4, 0.5) is 51.2 Å². The van der Waals surface area contributed by atoms with E-state index in [1.165, 1.54) is 94.9 Å². The molecule has 9 aromatic carbocycles. The molecule has 0 amide bonds. The fourth-order valence-corrected chi connectivity index (χ4v) is 12.1. The molecule has 0 unspecified atom stereocenters. The highest BCUT2D eigenvalue weighted by Crippen LogP contribution is 2.53. The molecule has 4 heteroatoms. The number of nitrogens with zero attached hydrogens (tertiary/aromatic N) is 3. The van der Waals surface area contributed by atoms with Crippen LogP contribution in [0.1, 0.15) is 89.1 Å². The van der Waals surface area contributed by atoms with Gasteiger partial charge in [0.2, 0.25) is 0 Å². The maximum atomic E-state index is 2.66. The minimum Gasteiger partial charge on any atom is -0.311 e. The van der Waals surface area contributed by atoms with E-state index in [0.717, 1.165) is 35.6 Å². The summed E-state index contributed by atoms with van der Waals surface area (Å²) >= 11 is 0. The Bertz CT molecular complexity index is 3500. The van der Waals surface area contributed by atoms with Crippen molar-refractivity contribution in [3.05, 3.63) is 228 Å². The lowest BCUT2D eigenvalue weighted by Gasteiger charge is -2.48. The molecule has 12 rings (SSSR count).